The average Bonchev–Trinajstić information content (AvgIpc) is 2.40. The number of hydrogen-bond acceptors (Lipinski definition) is 4. The smallest absolute Gasteiger partial charge is 0.407 e. The maximum absolute atomic E-state index is 11.9. The van der Waals surface area contributed by atoms with E-state index in [4.69, 9.17) is 16.3 Å². The van der Waals surface area contributed by atoms with Crippen LogP contribution in [0.4, 0.5) is 4.79 Å². The van der Waals surface area contributed by atoms with Gasteiger partial charge in [-0.3, -0.25) is 4.90 Å². The fourth-order valence-corrected chi connectivity index (χ4v) is 3.04. The monoisotopic (exact) mass is 339 g/mol. The number of amides is 1. The van der Waals surface area contributed by atoms with Crippen LogP contribution in [-0.2, 0) is 11.3 Å². The zero-order chi connectivity index (χ0) is 17.0. The summed E-state index contributed by atoms with van der Waals surface area (Å²) in [6.07, 6.45) is 2.32. The fourth-order valence-electron chi connectivity index (χ4n) is 2.85. The van der Waals surface area contributed by atoms with Gasteiger partial charge in [0.05, 0.1) is 0 Å². The van der Waals surface area contributed by atoms with Crippen molar-refractivity contribution in [2.24, 2.45) is 5.92 Å². The largest absolute Gasteiger partial charge is 0.444 e. The van der Waals surface area contributed by atoms with Gasteiger partial charge in [-0.1, -0.05) is 18.5 Å². The van der Waals surface area contributed by atoms with E-state index >= 15 is 0 Å². The van der Waals surface area contributed by atoms with Gasteiger partial charge in [-0.2, -0.15) is 0 Å². The van der Waals surface area contributed by atoms with E-state index in [-0.39, 0.29) is 12.1 Å². The van der Waals surface area contributed by atoms with Gasteiger partial charge in [0.2, 0.25) is 0 Å². The molecule has 0 radical (unpaired) electrons. The van der Waals surface area contributed by atoms with Crippen LogP contribution >= 0.6 is 11.6 Å². The minimum Gasteiger partial charge on any atom is -0.444 e. The van der Waals surface area contributed by atoms with Crippen LogP contribution in [0.15, 0.2) is 18.3 Å². The second-order valence-electron chi connectivity index (χ2n) is 7.24. The Morgan fingerprint density at radius 3 is 2.87 bits per heavy atom. The second-order valence-corrected chi connectivity index (χ2v) is 7.63. The highest BCUT2D eigenvalue weighted by atomic mass is 35.5. The molecule has 0 spiro atoms. The van der Waals surface area contributed by atoms with E-state index in [1.807, 2.05) is 32.9 Å². The number of piperidine rings is 1. The maximum atomic E-state index is 11.9. The summed E-state index contributed by atoms with van der Waals surface area (Å²) in [7, 11) is 0. The van der Waals surface area contributed by atoms with Crippen LogP contribution in [0.25, 0.3) is 0 Å². The van der Waals surface area contributed by atoms with Crippen molar-refractivity contribution in [2.75, 3.05) is 13.1 Å². The van der Waals surface area contributed by atoms with E-state index in [1.165, 1.54) is 0 Å². The van der Waals surface area contributed by atoms with Gasteiger partial charge in [0.25, 0.3) is 0 Å². The Morgan fingerprint density at radius 1 is 1.52 bits per heavy atom. The van der Waals surface area contributed by atoms with Gasteiger partial charge in [0, 0.05) is 31.9 Å². The van der Waals surface area contributed by atoms with Crippen molar-refractivity contribution < 1.29 is 9.53 Å². The Balaban J connectivity index is 1.84. The maximum Gasteiger partial charge on any atom is 0.407 e. The SMILES string of the molecule is C[C@H]1CN(Cc2ccnc(Cl)c2)CC[C@@H]1NC(=O)OC(C)(C)C. The van der Waals surface area contributed by atoms with Crippen molar-refractivity contribution in [3.8, 4) is 0 Å². The number of hydrogen-bond donors (Lipinski definition) is 1. The van der Waals surface area contributed by atoms with E-state index in [0.29, 0.717) is 11.1 Å². The van der Waals surface area contributed by atoms with Gasteiger partial charge >= 0.3 is 6.09 Å². The molecule has 0 aliphatic carbocycles. The van der Waals surface area contributed by atoms with Crippen molar-refractivity contribution in [1.29, 1.82) is 0 Å². The normalized spacial score (nSPS) is 22.7. The summed E-state index contributed by atoms with van der Waals surface area (Å²) in [4.78, 5) is 18.3. The standard InChI is InChI=1S/C17H26ClN3O2/c1-12-10-21(11-13-5-7-19-15(18)9-13)8-6-14(12)20-16(22)23-17(2,3)4/h5,7,9,12,14H,6,8,10-11H2,1-4H3,(H,20,22)/t12-,14-/m0/s1. The lowest BCUT2D eigenvalue weighted by atomic mass is 9.93. The average molecular weight is 340 g/mol. The van der Waals surface area contributed by atoms with Crippen molar-refractivity contribution in [3.63, 3.8) is 0 Å². The molecular weight excluding hydrogens is 314 g/mol. The molecule has 0 saturated carbocycles. The zero-order valence-corrected chi connectivity index (χ0v) is 15.1. The van der Waals surface area contributed by atoms with Crippen molar-refractivity contribution in [2.45, 2.75) is 52.3 Å². The summed E-state index contributed by atoms with van der Waals surface area (Å²) in [6.45, 7) is 10.5. The van der Waals surface area contributed by atoms with E-state index in [9.17, 15) is 4.79 Å². The lowest BCUT2D eigenvalue weighted by Gasteiger charge is -2.37. The molecule has 1 amide bonds. The number of nitrogens with one attached hydrogen (secondary N) is 1. The Labute approximate surface area is 143 Å². The molecule has 1 N–H and O–H groups in total. The topological polar surface area (TPSA) is 54.5 Å². The number of carbonyl (C=O) groups excluding carboxylic acids is 1. The Kier molecular flexibility index (Phi) is 5.87. The molecule has 5 nitrogen and oxygen atoms in total. The highest BCUT2D eigenvalue weighted by Gasteiger charge is 2.28. The first kappa shape index (κ1) is 18.0. The predicted molar refractivity (Wildman–Crippen MR) is 91.5 cm³/mol. The number of pyridine rings is 1. The Morgan fingerprint density at radius 2 is 2.26 bits per heavy atom. The number of aromatic nitrogens is 1. The molecule has 128 valence electrons. The van der Waals surface area contributed by atoms with Gasteiger partial charge in [-0.05, 0) is 50.8 Å². The van der Waals surface area contributed by atoms with Crippen LogP contribution in [0, 0.1) is 5.92 Å². The summed E-state index contributed by atoms with van der Waals surface area (Å²) < 4.78 is 5.34. The van der Waals surface area contributed by atoms with Crippen molar-refractivity contribution in [1.82, 2.24) is 15.2 Å². The lowest BCUT2D eigenvalue weighted by Crippen LogP contribution is -2.50. The number of alkyl carbamates (subject to hydrolysis) is 1. The van der Waals surface area contributed by atoms with Crippen LogP contribution in [0.5, 0.6) is 0 Å². The molecule has 0 bridgehead atoms. The molecule has 6 heteroatoms. The van der Waals surface area contributed by atoms with Gasteiger partial charge < -0.3 is 10.1 Å². The molecular formula is C17H26ClN3O2. The number of likely N-dealkylation sites (tertiary alicyclic amines) is 1. The van der Waals surface area contributed by atoms with Gasteiger partial charge in [0.1, 0.15) is 10.8 Å². The number of halogens is 1. The minimum absolute atomic E-state index is 0.155. The molecule has 1 fully saturated rings. The van der Waals surface area contributed by atoms with Gasteiger partial charge in [0.15, 0.2) is 0 Å². The molecule has 2 heterocycles. The first-order chi connectivity index (χ1) is 10.7. The van der Waals surface area contributed by atoms with Crippen molar-refractivity contribution in [3.05, 3.63) is 29.0 Å². The number of ether oxygens (including phenoxy) is 1. The highest BCUT2D eigenvalue weighted by Crippen LogP contribution is 2.20. The van der Waals surface area contributed by atoms with Crippen LogP contribution < -0.4 is 5.32 Å². The van der Waals surface area contributed by atoms with Crippen LogP contribution in [-0.4, -0.2) is 40.7 Å². The molecule has 1 aromatic rings. The summed E-state index contributed by atoms with van der Waals surface area (Å²) in [5.74, 6) is 0.369. The molecule has 0 unspecified atom stereocenters. The number of rotatable bonds is 3. The Hall–Kier alpha value is -1.33. The van der Waals surface area contributed by atoms with Crippen LogP contribution in [0.2, 0.25) is 5.15 Å². The molecule has 0 aromatic carbocycles. The van der Waals surface area contributed by atoms with Crippen molar-refractivity contribution >= 4 is 17.7 Å². The molecule has 1 aromatic heterocycles. The lowest BCUT2D eigenvalue weighted by molar-refractivity contribution is 0.0439. The Bertz CT molecular complexity index is 545. The first-order valence-corrected chi connectivity index (χ1v) is 8.43. The fraction of sp³-hybridized carbons (Fsp3) is 0.647. The molecule has 2 rings (SSSR count). The van der Waals surface area contributed by atoms with E-state index < -0.39 is 5.60 Å². The first-order valence-electron chi connectivity index (χ1n) is 8.05. The molecule has 1 aliphatic heterocycles. The third-order valence-electron chi connectivity index (χ3n) is 3.89. The minimum atomic E-state index is -0.464. The molecule has 2 atom stereocenters. The summed E-state index contributed by atoms with van der Waals surface area (Å²) in [5.41, 5.74) is 0.699. The van der Waals surface area contributed by atoms with Gasteiger partial charge in [-0.15, -0.1) is 0 Å². The molecule has 23 heavy (non-hydrogen) atoms. The van der Waals surface area contributed by atoms with Gasteiger partial charge in [-0.25, -0.2) is 9.78 Å². The van der Waals surface area contributed by atoms with Crippen LogP contribution in [0.3, 0.4) is 0 Å². The van der Waals surface area contributed by atoms with Crippen LogP contribution in [0.1, 0.15) is 39.7 Å². The third kappa shape index (κ3) is 5.99. The summed E-state index contributed by atoms with van der Waals surface area (Å²) in [6, 6.07) is 4.04. The second kappa shape index (κ2) is 7.49. The predicted octanol–water partition coefficient (Wildman–Crippen LogP) is 3.47. The van der Waals surface area contributed by atoms with E-state index in [0.717, 1.165) is 31.6 Å². The zero-order valence-electron chi connectivity index (χ0n) is 14.3. The molecule has 1 aliphatic rings. The molecule has 1 saturated heterocycles. The highest BCUT2D eigenvalue weighted by molar-refractivity contribution is 6.29. The summed E-state index contributed by atoms with van der Waals surface area (Å²) >= 11 is 5.93. The number of nitrogens with zero attached hydrogens (tertiary/aromatic N) is 2. The third-order valence-corrected chi connectivity index (χ3v) is 4.10. The quantitative estimate of drug-likeness (QED) is 0.857. The van der Waals surface area contributed by atoms with E-state index in [2.05, 4.69) is 22.1 Å². The number of carbonyl (C=O) groups is 1. The van der Waals surface area contributed by atoms with E-state index in [1.54, 1.807) is 6.20 Å². The summed E-state index contributed by atoms with van der Waals surface area (Å²) in [5, 5.41) is 3.52.